The lowest BCUT2D eigenvalue weighted by atomic mass is 10.1. The van der Waals surface area contributed by atoms with E-state index in [1.54, 1.807) is 24.3 Å². The van der Waals surface area contributed by atoms with Gasteiger partial charge in [-0.2, -0.15) is 0 Å². The van der Waals surface area contributed by atoms with Crippen LogP contribution in [0.1, 0.15) is 16.8 Å². The fourth-order valence-corrected chi connectivity index (χ4v) is 4.47. The normalized spacial score (nSPS) is 18.4. The maximum absolute atomic E-state index is 13.6. The van der Waals surface area contributed by atoms with Crippen molar-refractivity contribution < 1.29 is 28.8 Å². The van der Waals surface area contributed by atoms with Crippen molar-refractivity contribution in [3.05, 3.63) is 63.2 Å². The van der Waals surface area contributed by atoms with E-state index < -0.39 is 34.4 Å². The quantitative estimate of drug-likeness (QED) is 0.298. The summed E-state index contributed by atoms with van der Waals surface area (Å²) in [5, 5.41) is 11.3. The molecule has 0 aliphatic carbocycles. The minimum atomic E-state index is -1.05. The summed E-state index contributed by atoms with van der Waals surface area (Å²) >= 11 is 5.92. The van der Waals surface area contributed by atoms with Crippen molar-refractivity contribution in [2.24, 2.45) is 0 Å². The van der Waals surface area contributed by atoms with Crippen LogP contribution in [0.4, 0.5) is 11.4 Å². The number of carbonyl (C=O) groups excluding carboxylic acids is 3. The van der Waals surface area contributed by atoms with E-state index in [9.17, 15) is 24.5 Å². The summed E-state index contributed by atoms with van der Waals surface area (Å²) in [6, 6.07) is 9.16. The summed E-state index contributed by atoms with van der Waals surface area (Å²) < 4.78 is 10.5. The highest BCUT2D eigenvalue weighted by Crippen LogP contribution is 2.30. The Kier molecular flexibility index (Phi) is 7.82. The lowest BCUT2D eigenvalue weighted by Gasteiger charge is -2.32. The molecule has 2 aromatic carbocycles. The van der Waals surface area contributed by atoms with Crippen molar-refractivity contribution in [2.75, 3.05) is 51.4 Å². The molecule has 3 amide bonds. The van der Waals surface area contributed by atoms with E-state index in [1.165, 1.54) is 24.1 Å². The summed E-state index contributed by atoms with van der Waals surface area (Å²) in [4.78, 5) is 55.1. The number of methoxy groups -OCH3 is 1. The number of carbonyl (C=O) groups is 3. The first-order chi connectivity index (χ1) is 17.3. The number of morpholine rings is 1. The molecule has 190 valence electrons. The molecule has 2 aromatic rings. The van der Waals surface area contributed by atoms with Gasteiger partial charge in [0, 0.05) is 37.8 Å². The van der Waals surface area contributed by atoms with Crippen molar-refractivity contribution in [3.63, 3.8) is 0 Å². The van der Waals surface area contributed by atoms with Gasteiger partial charge in [0.05, 0.1) is 37.4 Å². The molecule has 2 saturated heterocycles. The van der Waals surface area contributed by atoms with Crippen LogP contribution >= 0.6 is 11.6 Å². The fraction of sp³-hybridized carbons (Fsp3) is 0.375. The Morgan fingerprint density at radius 1 is 1.19 bits per heavy atom. The van der Waals surface area contributed by atoms with Crippen molar-refractivity contribution in [1.82, 2.24) is 9.80 Å². The second-order valence-corrected chi connectivity index (χ2v) is 8.77. The van der Waals surface area contributed by atoms with Gasteiger partial charge in [-0.05, 0) is 36.4 Å². The number of nitro benzene ring substituents is 1. The Balaban J connectivity index is 1.63. The van der Waals surface area contributed by atoms with Gasteiger partial charge < -0.3 is 14.4 Å². The average molecular weight is 517 g/mol. The van der Waals surface area contributed by atoms with E-state index >= 15 is 0 Å². The lowest BCUT2D eigenvalue weighted by Crippen LogP contribution is -2.49. The van der Waals surface area contributed by atoms with Crippen LogP contribution in [0.15, 0.2) is 42.5 Å². The smallest absolute Gasteiger partial charge is 0.288 e. The second kappa shape index (κ2) is 11.0. The van der Waals surface area contributed by atoms with Gasteiger partial charge in [0.2, 0.25) is 5.91 Å². The predicted molar refractivity (Wildman–Crippen MR) is 130 cm³/mol. The Labute approximate surface area is 212 Å². The van der Waals surface area contributed by atoms with Crippen LogP contribution in [-0.4, -0.2) is 85.0 Å². The number of halogens is 1. The van der Waals surface area contributed by atoms with Crippen LogP contribution < -0.4 is 9.64 Å². The molecule has 0 N–H and O–H groups in total. The number of rotatable bonds is 8. The highest BCUT2D eigenvalue weighted by atomic mass is 35.5. The molecule has 0 bridgehead atoms. The van der Waals surface area contributed by atoms with Gasteiger partial charge in [-0.1, -0.05) is 11.6 Å². The topological polar surface area (TPSA) is 123 Å². The molecule has 36 heavy (non-hydrogen) atoms. The van der Waals surface area contributed by atoms with Crippen molar-refractivity contribution in [2.45, 2.75) is 12.5 Å². The highest BCUT2D eigenvalue weighted by Gasteiger charge is 2.44. The van der Waals surface area contributed by atoms with E-state index in [0.717, 1.165) is 11.0 Å². The van der Waals surface area contributed by atoms with Crippen LogP contribution in [0.2, 0.25) is 5.02 Å². The van der Waals surface area contributed by atoms with Gasteiger partial charge in [-0.25, -0.2) is 4.90 Å². The summed E-state index contributed by atoms with van der Waals surface area (Å²) in [5.74, 6) is -1.00. The van der Waals surface area contributed by atoms with E-state index in [4.69, 9.17) is 21.1 Å². The SMILES string of the molecule is COc1ccc(N2C(=O)CC(N(CCN3CCOCC3)C(=O)c3ccc(Cl)c([N+](=O)[O-])c3)C2=O)cc1. The molecule has 0 spiro atoms. The van der Waals surface area contributed by atoms with E-state index in [1.807, 2.05) is 0 Å². The van der Waals surface area contributed by atoms with Crippen molar-refractivity contribution in [1.29, 1.82) is 0 Å². The summed E-state index contributed by atoms with van der Waals surface area (Å²) in [5.41, 5.74) is -0.0310. The fourth-order valence-electron chi connectivity index (χ4n) is 4.29. The number of benzene rings is 2. The van der Waals surface area contributed by atoms with Crippen LogP contribution in [-0.2, 0) is 14.3 Å². The number of hydrogen-bond donors (Lipinski definition) is 0. The molecule has 0 radical (unpaired) electrons. The van der Waals surface area contributed by atoms with E-state index in [2.05, 4.69) is 4.90 Å². The largest absolute Gasteiger partial charge is 0.497 e. The third kappa shape index (κ3) is 5.32. The molecular weight excluding hydrogens is 492 g/mol. The number of hydrogen-bond acceptors (Lipinski definition) is 8. The Morgan fingerprint density at radius 3 is 2.53 bits per heavy atom. The van der Waals surface area contributed by atoms with Gasteiger partial charge in [-0.3, -0.25) is 29.4 Å². The highest BCUT2D eigenvalue weighted by molar-refractivity contribution is 6.32. The zero-order valence-electron chi connectivity index (χ0n) is 19.6. The molecule has 0 aromatic heterocycles. The first-order valence-electron chi connectivity index (χ1n) is 11.4. The third-order valence-corrected chi connectivity index (χ3v) is 6.56. The molecule has 2 aliphatic rings. The van der Waals surface area contributed by atoms with Gasteiger partial charge in [0.15, 0.2) is 0 Å². The number of imide groups is 1. The molecule has 11 nitrogen and oxygen atoms in total. The lowest BCUT2D eigenvalue weighted by molar-refractivity contribution is -0.384. The molecule has 0 saturated carbocycles. The van der Waals surface area contributed by atoms with Gasteiger partial charge >= 0.3 is 0 Å². The zero-order chi connectivity index (χ0) is 25.8. The summed E-state index contributed by atoms with van der Waals surface area (Å²) in [6.45, 7) is 3.06. The molecule has 1 atom stereocenters. The number of amides is 3. The molecular formula is C24H25ClN4O7. The third-order valence-electron chi connectivity index (χ3n) is 6.24. The van der Waals surface area contributed by atoms with Crippen molar-refractivity contribution in [3.8, 4) is 5.75 Å². The molecule has 4 rings (SSSR count). The molecule has 1 unspecified atom stereocenters. The minimum Gasteiger partial charge on any atom is -0.497 e. The molecule has 2 fully saturated rings. The monoisotopic (exact) mass is 516 g/mol. The number of anilines is 1. The summed E-state index contributed by atoms with van der Waals surface area (Å²) in [7, 11) is 1.51. The van der Waals surface area contributed by atoms with E-state index in [0.29, 0.717) is 44.3 Å². The van der Waals surface area contributed by atoms with Gasteiger partial charge in [-0.15, -0.1) is 0 Å². The number of nitrogens with zero attached hydrogens (tertiary/aromatic N) is 4. The van der Waals surface area contributed by atoms with Crippen LogP contribution in [0.25, 0.3) is 0 Å². The number of nitro groups is 1. The zero-order valence-corrected chi connectivity index (χ0v) is 20.3. The Hall–Kier alpha value is -3.54. The van der Waals surface area contributed by atoms with Crippen LogP contribution in [0.5, 0.6) is 5.75 Å². The Morgan fingerprint density at radius 2 is 1.89 bits per heavy atom. The van der Waals surface area contributed by atoms with E-state index in [-0.39, 0.29) is 23.6 Å². The van der Waals surface area contributed by atoms with Crippen molar-refractivity contribution >= 4 is 40.7 Å². The maximum Gasteiger partial charge on any atom is 0.288 e. The van der Waals surface area contributed by atoms with Gasteiger partial charge in [0.1, 0.15) is 16.8 Å². The van der Waals surface area contributed by atoms with Crippen LogP contribution in [0, 0.1) is 10.1 Å². The predicted octanol–water partition coefficient (Wildman–Crippen LogP) is 2.36. The average Bonchev–Trinajstić information content (AvgIpc) is 3.18. The molecule has 2 heterocycles. The number of ether oxygens (including phenoxy) is 2. The first kappa shape index (κ1) is 25.5. The summed E-state index contributed by atoms with van der Waals surface area (Å²) in [6.07, 6.45) is -0.199. The van der Waals surface area contributed by atoms with Crippen LogP contribution in [0.3, 0.4) is 0 Å². The molecule has 2 aliphatic heterocycles. The molecule has 12 heteroatoms. The second-order valence-electron chi connectivity index (χ2n) is 8.36. The standard InChI is InChI=1S/C24H25ClN4O7/c1-35-18-5-3-17(4-6-18)28-22(30)15-21(24(28)32)27(9-8-26-10-12-36-13-11-26)23(31)16-2-7-19(25)20(14-16)29(33)34/h2-7,14,21H,8-13,15H2,1H3. The maximum atomic E-state index is 13.6. The van der Waals surface area contributed by atoms with Gasteiger partial charge in [0.25, 0.3) is 17.5 Å². The Bertz CT molecular complexity index is 1170. The first-order valence-corrected chi connectivity index (χ1v) is 11.7. The minimum absolute atomic E-state index is 0.0104.